The molecule has 2 heterocycles. The molecule has 0 saturated heterocycles. The van der Waals surface area contributed by atoms with Gasteiger partial charge in [-0.15, -0.1) is 0 Å². The summed E-state index contributed by atoms with van der Waals surface area (Å²) in [5.74, 6) is 0.496. The first-order chi connectivity index (χ1) is 12.1. The normalized spacial score (nSPS) is 10.6. The molecule has 0 saturated carbocycles. The van der Waals surface area contributed by atoms with Gasteiger partial charge in [-0.05, 0) is 30.3 Å². The molecule has 6 nitrogen and oxygen atoms in total. The fraction of sp³-hybridized carbons (Fsp3) is 0.167. The average Bonchev–Trinajstić information content (AvgIpc) is 3.13. The van der Waals surface area contributed by atoms with Crippen LogP contribution in [0.4, 0.5) is 0 Å². The number of aromatic nitrogens is 2. The molecule has 0 aliphatic carbocycles. The van der Waals surface area contributed by atoms with Crippen LogP contribution in [0.2, 0.25) is 5.02 Å². The van der Waals surface area contributed by atoms with E-state index in [-0.39, 0.29) is 24.4 Å². The maximum atomic E-state index is 11.9. The maximum Gasteiger partial charge on any atom is 0.266 e. The first kappa shape index (κ1) is 17.0. The number of halogens is 1. The third kappa shape index (κ3) is 4.58. The van der Waals surface area contributed by atoms with Crippen molar-refractivity contribution in [2.75, 3.05) is 0 Å². The molecule has 3 aromatic rings. The number of carbonyl (C=O) groups excluding carboxylic acids is 1. The number of hydrogen-bond acceptors (Lipinski definition) is 4. The number of rotatable bonds is 6. The molecule has 3 rings (SSSR count). The first-order valence-corrected chi connectivity index (χ1v) is 8.13. The van der Waals surface area contributed by atoms with E-state index >= 15 is 0 Å². The third-order valence-electron chi connectivity index (χ3n) is 3.60. The molecule has 0 aliphatic heterocycles. The van der Waals surface area contributed by atoms with Gasteiger partial charge in [0, 0.05) is 23.1 Å². The topological polar surface area (TPSA) is 77.1 Å². The number of amides is 1. The highest BCUT2D eigenvalue weighted by Gasteiger charge is 2.07. The Morgan fingerprint density at radius 2 is 1.96 bits per heavy atom. The molecular formula is C18H16ClN3O3. The van der Waals surface area contributed by atoms with E-state index in [0.717, 1.165) is 5.56 Å². The van der Waals surface area contributed by atoms with Crippen LogP contribution in [0.5, 0.6) is 0 Å². The highest BCUT2D eigenvalue weighted by atomic mass is 35.5. The van der Waals surface area contributed by atoms with Crippen LogP contribution in [0.1, 0.15) is 12.2 Å². The smallest absolute Gasteiger partial charge is 0.266 e. The second-order valence-electron chi connectivity index (χ2n) is 5.39. The van der Waals surface area contributed by atoms with Gasteiger partial charge in [0.2, 0.25) is 5.91 Å². The summed E-state index contributed by atoms with van der Waals surface area (Å²) in [6.07, 6.45) is 1.70. The summed E-state index contributed by atoms with van der Waals surface area (Å²) in [6.45, 7) is 0.517. The zero-order chi connectivity index (χ0) is 17.6. The molecule has 1 N–H and O–H groups in total. The summed E-state index contributed by atoms with van der Waals surface area (Å²) in [5.41, 5.74) is 1.24. The SMILES string of the molecule is O=C(CCn1nc(-c2ccc(Cl)cc2)ccc1=O)NCc1ccco1. The van der Waals surface area contributed by atoms with Crippen molar-refractivity contribution in [3.05, 3.63) is 75.9 Å². The van der Waals surface area contributed by atoms with Crippen LogP contribution < -0.4 is 10.9 Å². The summed E-state index contributed by atoms with van der Waals surface area (Å²) in [7, 11) is 0. The lowest BCUT2D eigenvalue weighted by Gasteiger charge is -2.08. The largest absolute Gasteiger partial charge is 0.467 e. The summed E-state index contributed by atoms with van der Waals surface area (Å²) in [6, 6.07) is 13.8. The van der Waals surface area contributed by atoms with E-state index in [1.807, 2.05) is 12.1 Å². The van der Waals surface area contributed by atoms with Crippen LogP contribution in [0.15, 0.2) is 64.0 Å². The molecule has 0 unspecified atom stereocenters. The summed E-state index contributed by atoms with van der Waals surface area (Å²) < 4.78 is 6.44. The number of benzene rings is 1. The number of hydrogen-bond donors (Lipinski definition) is 1. The standard InChI is InChI=1S/C18H16ClN3O3/c19-14-5-3-13(4-6-14)16-7-8-18(24)22(21-16)10-9-17(23)20-12-15-2-1-11-25-15/h1-8,11H,9-10,12H2,(H,20,23). The van der Waals surface area contributed by atoms with Crippen molar-refractivity contribution in [3.63, 3.8) is 0 Å². The average molecular weight is 358 g/mol. The number of carbonyl (C=O) groups is 1. The first-order valence-electron chi connectivity index (χ1n) is 7.75. The highest BCUT2D eigenvalue weighted by Crippen LogP contribution is 2.18. The molecule has 0 atom stereocenters. The summed E-state index contributed by atoms with van der Waals surface area (Å²) >= 11 is 5.88. The van der Waals surface area contributed by atoms with E-state index in [9.17, 15) is 9.59 Å². The van der Waals surface area contributed by atoms with Crippen molar-refractivity contribution in [1.82, 2.24) is 15.1 Å². The quantitative estimate of drug-likeness (QED) is 0.736. The third-order valence-corrected chi connectivity index (χ3v) is 3.85. The monoisotopic (exact) mass is 357 g/mol. The molecule has 0 fully saturated rings. The van der Waals surface area contributed by atoms with Crippen LogP contribution in [0.25, 0.3) is 11.3 Å². The molecule has 0 aliphatic rings. The van der Waals surface area contributed by atoms with Gasteiger partial charge < -0.3 is 9.73 Å². The van der Waals surface area contributed by atoms with Gasteiger partial charge in [-0.25, -0.2) is 4.68 Å². The molecule has 128 valence electrons. The molecular weight excluding hydrogens is 342 g/mol. The van der Waals surface area contributed by atoms with Gasteiger partial charge in [-0.1, -0.05) is 23.7 Å². The van der Waals surface area contributed by atoms with Gasteiger partial charge in [0.25, 0.3) is 5.56 Å². The molecule has 7 heteroatoms. The Bertz CT molecular complexity index is 902. The van der Waals surface area contributed by atoms with Crippen molar-refractivity contribution in [1.29, 1.82) is 0 Å². The molecule has 1 aromatic carbocycles. The predicted molar refractivity (Wildman–Crippen MR) is 94.1 cm³/mol. The fourth-order valence-corrected chi connectivity index (χ4v) is 2.40. The Hall–Kier alpha value is -2.86. The Kier molecular flexibility index (Phi) is 5.30. The van der Waals surface area contributed by atoms with Crippen LogP contribution in [0, 0.1) is 0 Å². The lowest BCUT2D eigenvalue weighted by atomic mass is 10.1. The number of nitrogens with zero attached hydrogens (tertiary/aromatic N) is 2. The summed E-state index contributed by atoms with van der Waals surface area (Å²) in [4.78, 5) is 23.9. The van der Waals surface area contributed by atoms with E-state index in [1.54, 1.807) is 36.6 Å². The van der Waals surface area contributed by atoms with Gasteiger partial charge in [0.1, 0.15) is 5.76 Å². The fourth-order valence-electron chi connectivity index (χ4n) is 2.28. The number of furan rings is 1. The van der Waals surface area contributed by atoms with Crippen molar-refractivity contribution < 1.29 is 9.21 Å². The van der Waals surface area contributed by atoms with Crippen molar-refractivity contribution in [2.24, 2.45) is 0 Å². The molecule has 0 bridgehead atoms. The minimum atomic E-state index is -0.253. The Labute approximate surface area is 149 Å². The second-order valence-corrected chi connectivity index (χ2v) is 5.83. The number of nitrogens with one attached hydrogen (secondary N) is 1. The van der Waals surface area contributed by atoms with Crippen molar-refractivity contribution >= 4 is 17.5 Å². The summed E-state index contributed by atoms with van der Waals surface area (Å²) in [5, 5.41) is 7.68. The zero-order valence-corrected chi connectivity index (χ0v) is 14.1. The molecule has 0 spiro atoms. The Morgan fingerprint density at radius 3 is 2.68 bits per heavy atom. The van der Waals surface area contributed by atoms with E-state index < -0.39 is 0 Å². The Balaban J connectivity index is 1.63. The van der Waals surface area contributed by atoms with Crippen molar-refractivity contribution in [2.45, 2.75) is 19.5 Å². The molecule has 25 heavy (non-hydrogen) atoms. The Morgan fingerprint density at radius 1 is 1.16 bits per heavy atom. The molecule has 2 aromatic heterocycles. The number of aryl methyl sites for hydroxylation is 1. The predicted octanol–water partition coefficient (Wildman–Crippen LogP) is 2.86. The molecule has 0 radical (unpaired) electrons. The maximum absolute atomic E-state index is 11.9. The second kappa shape index (κ2) is 7.81. The minimum Gasteiger partial charge on any atom is -0.467 e. The van der Waals surface area contributed by atoms with Crippen LogP contribution in [-0.4, -0.2) is 15.7 Å². The van der Waals surface area contributed by atoms with Gasteiger partial charge in [0.05, 0.1) is 25.0 Å². The van der Waals surface area contributed by atoms with Gasteiger partial charge >= 0.3 is 0 Å². The minimum absolute atomic E-state index is 0.150. The lowest BCUT2D eigenvalue weighted by molar-refractivity contribution is -0.121. The van der Waals surface area contributed by atoms with E-state index in [1.165, 1.54) is 10.7 Å². The van der Waals surface area contributed by atoms with Gasteiger partial charge in [-0.2, -0.15) is 5.10 Å². The van der Waals surface area contributed by atoms with Crippen LogP contribution in [0.3, 0.4) is 0 Å². The highest BCUT2D eigenvalue weighted by molar-refractivity contribution is 6.30. The molecule has 1 amide bonds. The van der Waals surface area contributed by atoms with Gasteiger partial charge in [-0.3, -0.25) is 9.59 Å². The van der Waals surface area contributed by atoms with Crippen LogP contribution >= 0.6 is 11.6 Å². The van der Waals surface area contributed by atoms with E-state index in [4.69, 9.17) is 16.0 Å². The van der Waals surface area contributed by atoms with E-state index in [2.05, 4.69) is 10.4 Å². The van der Waals surface area contributed by atoms with Crippen molar-refractivity contribution in [3.8, 4) is 11.3 Å². The van der Waals surface area contributed by atoms with E-state index in [0.29, 0.717) is 23.0 Å². The lowest BCUT2D eigenvalue weighted by Crippen LogP contribution is -2.28. The van der Waals surface area contributed by atoms with Gasteiger partial charge in [0.15, 0.2) is 0 Å². The van der Waals surface area contributed by atoms with Crippen LogP contribution in [-0.2, 0) is 17.9 Å². The zero-order valence-electron chi connectivity index (χ0n) is 13.3.